The van der Waals surface area contributed by atoms with Crippen molar-refractivity contribution >= 4 is 34.2 Å². The maximum absolute atomic E-state index is 11.4. The average Bonchev–Trinajstić information content (AvgIpc) is 2.28. The van der Waals surface area contributed by atoms with E-state index in [1.54, 1.807) is 6.07 Å². The molecule has 0 amide bonds. The predicted octanol–water partition coefficient (Wildman–Crippen LogP) is 2.06. The van der Waals surface area contributed by atoms with Crippen molar-refractivity contribution in [1.82, 2.24) is 0 Å². The van der Waals surface area contributed by atoms with Crippen LogP contribution >= 0.6 is 22.6 Å². The number of nitro benzene ring substituents is 1. The van der Waals surface area contributed by atoms with Gasteiger partial charge in [0.05, 0.1) is 12.0 Å². The van der Waals surface area contributed by atoms with Crippen molar-refractivity contribution in [2.45, 2.75) is 6.10 Å². The number of carbonyl (C=O) groups excluding carboxylic acids is 1. The molecule has 0 fully saturated rings. The van der Waals surface area contributed by atoms with E-state index in [1.165, 1.54) is 26.4 Å². The van der Waals surface area contributed by atoms with Gasteiger partial charge in [0.2, 0.25) is 0 Å². The molecule has 92 valence electrons. The molecule has 1 rings (SSSR count). The molecule has 0 saturated heterocycles. The van der Waals surface area contributed by atoms with Gasteiger partial charge in [-0.15, -0.1) is 0 Å². The molecule has 0 spiro atoms. The second kappa shape index (κ2) is 5.92. The zero-order valence-electron chi connectivity index (χ0n) is 9.18. The number of nitrogens with zero attached hydrogens (tertiary/aromatic N) is 1. The topological polar surface area (TPSA) is 78.7 Å². The lowest BCUT2D eigenvalue weighted by molar-refractivity contribution is -0.385. The monoisotopic (exact) mass is 351 g/mol. The van der Waals surface area contributed by atoms with Crippen LogP contribution in [0, 0.1) is 13.7 Å². The van der Waals surface area contributed by atoms with E-state index >= 15 is 0 Å². The summed E-state index contributed by atoms with van der Waals surface area (Å²) in [5.74, 6) is -0.594. The number of nitro groups is 1. The molecule has 0 aliphatic rings. The number of halogens is 1. The molecule has 1 aromatic rings. The minimum absolute atomic E-state index is 0.0853. The van der Waals surface area contributed by atoms with Gasteiger partial charge in [0.1, 0.15) is 0 Å². The number of hydrogen-bond acceptors (Lipinski definition) is 5. The number of esters is 1. The van der Waals surface area contributed by atoms with E-state index in [0.717, 1.165) is 0 Å². The molecular weight excluding hydrogens is 341 g/mol. The van der Waals surface area contributed by atoms with Crippen LogP contribution in [0.4, 0.5) is 5.69 Å². The molecule has 0 aliphatic heterocycles. The Morgan fingerprint density at radius 2 is 2.06 bits per heavy atom. The molecule has 0 bridgehead atoms. The van der Waals surface area contributed by atoms with Crippen molar-refractivity contribution in [1.29, 1.82) is 0 Å². The number of rotatable bonds is 4. The van der Waals surface area contributed by atoms with Crippen LogP contribution in [0.5, 0.6) is 0 Å². The third kappa shape index (κ3) is 3.37. The van der Waals surface area contributed by atoms with Gasteiger partial charge in [-0.2, -0.15) is 0 Å². The molecule has 1 aromatic carbocycles. The maximum atomic E-state index is 11.4. The summed E-state index contributed by atoms with van der Waals surface area (Å²) in [7, 11) is 2.57. The van der Waals surface area contributed by atoms with E-state index in [4.69, 9.17) is 4.74 Å². The first-order valence-electron chi connectivity index (χ1n) is 4.55. The molecule has 1 atom stereocenters. The van der Waals surface area contributed by atoms with Gasteiger partial charge in [-0.1, -0.05) is 0 Å². The zero-order valence-corrected chi connectivity index (χ0v) is 11.3. The highest BCUT2D eigenvalue weighted by molar-refractivity contribution is 14.1. The molecule has 7 heteroatoms. The van der Waals surface area contributed by atoms with E-state index in [-0.39, 0.29) is 5.69 Å². The largest absolute Gasteiger partial charge is 0.467 e. The molecule has 1 unspecified atom stereocenters. The van der Waals surface area contributed by atoms with Gasteiger partial charge in [-0.3, -0.25) is 10.1 Å². The number of non-ortho nitro benzene ring substituents is 1. The van der Waals surface area contributed by atoms with Crippen LogP contribution in [0.2, 0.25) is 0 Å². The number of hydrogen-bond donors (Lipinski definition) is 0. The second-order valence-corrected chi connectivity index (χ2v) is 4.38. The summed E-state index contributed by atoms with van der Waals surface area (Å²) in [5.41, 5.74) is 0.316. The van der Waals surface area contributed by atoms with Crippen molar-refractivity contribution in [2.24, 2.45) is 0 Å². The van der Waals surface area contributed by atoms with Crippen LogP contribution in [0.3, 0.4) is 0 Å². The Kier molecular flexibility index (Phi) is 4.82. The molecule has 17 heavy (non-hydrogen) atoms. The summed E-state index contributed by atoms with van der Waals surface area (Å²) >= 11 is 1.94. The van der Waals surface area contributed by atoms with E-state index in [1.807, 2.05) is 22.6 Å². The van der Waals surface area contributed by atoms with Gasteiger partial charge < -0.3 is 9.47 Å². The highest BCUT2D eigenvalue weighted by atomic mass is 127. The third-order valence-electron chi connectivity index (χ3n) is 2.07. The van der Waals surface area contributed by atoms with Crippen LogP contribution in [-0.2, 0) is 14.3 Å². The molecule has 0 N–H and O–H groups in total. The fourth-order valence-electron chi connectivity index (χ4n) is 1.33. The van der Waals surface area contributed by atoms with Crippen LogP contribution in [0.15, 0.2) is 18.2 Å². The average molecular weight is 351 g/mol. The molecular formula is C10H10INO5. The molecule has 6 nitrogen and oxygen atoms in total. The predicted molar refractivity (Wildman–Crippen MR) is 67.6 cm³/mol. The second-order valence-electron chi connectivity index (χ2n) is 3.14. The third-order valence-corrected chi connectivity index (χ3v) is 2.69. The smallest absolute Gasteiger partial charge is 0.339 e. The van der Waals surface area contributed by atoms with Crippen molar-refractivity contribution in [3.8, 4) is 0 Å². The van der Waals surface area contributed by atoms with Crippen molar-refractivity contribution < 1.29 is 19.2 Å². The van der Waals surface area contributed by atoms with E-state index < -0.39 is 17.0 Å². The summed E-state index contributed by atoms with van der Waals surface area (Å²) in [6.45, 7) is 0. The van der Waals surface area contributed by atoms with Gasteiger partial charge in [-0.05, 0) is 34.2 Å². The fourth-order valence-corrected chi connectivity index (χ4v) is 2.01. The first-order valence-corrected chi connectivity index (χ1v) is 5.63. The van der Waals surface area contributed by atoms with Gasteiger partial charge in [-0.25, -0.2) is 4.79 Å². The Balaban J connectivity index is 3.20. The lowest BCUT2D eigenvalue weighted by atomic mass is 10.1. The summed E-state index contributed by atoms with van der Waals surface area (Å²) < 4.78 is 10.2. The highest BCUT2D eigenvalue weighted by Gasteiger charge is 2.23. The van der Waals surface area contributed by atoms with E-state index in [2.05, 4.69) is 4.74 Å². The first kappa shape index (κ1) is 13.8. The first-order chi connectivity index (χ1) is 7.99. The van der Waals surface area contributed by atoms with Gasteiger partial charge >= 0.3 is 5.97 Å². The van der Waals surface area contributed by atoms with Gasteiger partial charge in [0.25, 0.3) is 5.69 Å². The van der Waals surface area contributed by atoms with Crippen LogP contribution in [-0.4, -0.2) is 25.1 Å². The molecule has 0 aliphatic carbocycles. The Labute approximate surface area is 111 Å². The Hall–Kier alpha value is -1.22. The van der Waals surface area contributed by atoms with E-state index in [0.29, 0.717) is 9.13 Å². The Morgan fingerprint density at radius 3 is 2.53 bits per heavy atom. The molecule has 0 radical (unpaired) electrons. The lowest BCUT2D eigenvalue weighted by Crippen LogP contribution is -2.16. The van der Waals surface area contributed by atoms with Crippen molar-refractivity contribution in [3.05, 3.63) is 37.4 Å². The summed E-state index contributed by atoms with van der Waals surface area (Å²) in [6, 6.07) is 4.35. The minimum Gasteiger partial charge on any atom is -0.467 e. The van der Waals surface area contributed by atoms with Crippen LogP contribution in [0.25, 0.3) is 0 Å². The zero-order chi connectivity index (χ0) is 13.0. The summed E-state index contributed by atoms with van der Waals surface area (Å²) in [6.07, 6.45) is -0.951. The van der Waals surface area contributed by atoms with Crippen molar-refractivity contribution in [2.75, 3.05) is 14.2 Å². The minimum atomic E-state index is -0.951. The summed E-state index contributed by atoms with van der Waals surface area (Å²) in [5, 5.41) is 10.7. The quantitative estimate of drug-likeness (QED) is 0.359. The van der Waals surface area contributed by atoms with E-state index in [9.17, 15) is 14.9 Å². The van der Waals surface area contributed by atoms with Crippen LogP contribution in [0.1, 0.15) is 11.7 Å². The van der Waals surface area contributed by atoms with Crippen LogP contribution < -0.4 is 0 Å². The number of methoxy groups -OCH3 is 2. The highest BCUT2D eigenvalue weighted by Crippen LogP contribution is 2.25. The molecule has 0 saturated carbocycles. The number of carbonyl (C=O) groups is 1. The number of ether oxygens (including phenoxy) is 2. The van der Waals surface area contributed by atoms with Crippen molar-refractivity contribution in [3.63, 3.8) is 0 Å². The molecule has 0 aromatic heterocycles. The lowest BCUT2D eigenvalue weighted by Gasteiger charge is -2.13. The number of benzene rings is 1. The summed E-state index contributed by atoms with van der Waals surface area (Å²) in [4.78, 5) is 21.6. The SMILES string of the molecule is COC(=O)C(OC)c1cc(I)cc([N+](=O)[O-])c1. The normalized spacial score (nSPS) is 11.9. The standard InChI is InChI=1S/C10H10INO5/c1-16-9(10(13)17-2)6-3-7(11)5-8(4-6)12(14)15/h3-5,9H,1-2H3. The van der Waals surface area contributed by atoms with Gasteiger partial charge in [0.15, 0.2) is 6.10 Å². The molecule has 0 heterocycles. The maximum Gasteiger partial charge on any atom is 0.339 e. The Bertz CT molecular complexity index is 448. The van der Waals surface area contributed by atoms with Gasteiger partial charge in [0, 0.05) is 22.8 Å². The Morgan fingerprint density at radius 1 is 1.41 bits per heavy atom. The fraction of sp³-hybridized carbons (Fsp3) is 0.300.